The van der Waals surface area contributed by atoms with Crippen molar-refractivity contribution in [1.29, 1.82) is 0 Å². The van der Waals surface area contributed by atoms with Crippen molar-refractivity contribution in [3.63, 3.8) is 0 Å². The monoisotopic (exact) mass is 367 g/mol. The highest BCUT2D eigenvalue weighted by molar-refractivity contribution is 9.10. The number of aryl methyl sites for hydroxylation is 1. The largest absolute Gasteiger partial charge is 0.394 e. The molecular weight excluding hydrogens is 353 g/mol. The van der Waals surface area contributed by atoms with Crippen molar-refractivity contribution < 1.29 is 14.3 Å². The Morgan fingerprint density at radius 3 is 3.00 bits per heavy atom. The summed E-state index contributed by atoms with van der Waals surface area (Å²) in [6.45, 7) is -0.253. The molecule has 1 amide bonds. The average molecular weight is 368 g/mol. The van der Waals surface area contributed by atoms with E-state index in [1.807, 2.05) is 0 Å². The van der Waals surface area contributed by atoms with E-state index in [0.717, 1.165) is 4.47 Å². The fourth-order valence-electron chi connectivity index (χ4n) is 1.88. The minimum Gasteiger partial charge on any atom is -0.394 e. The molecule has 0 spiro atoms. The van der Waals surface area contributed by atoms with Gasteiger partial charge in [0.05, 0.1) is 18.8 Å². The highest BCUT2D eigenvalue weighted by Gasteiger charge is 2.13. The summed E-state index contributed by atoms with van der Waals surface area (Å²) >= 11 is 3.24. The SMILES string of the molecule is Cn1cc(C(CO)NC(=O)C=Cc2cc(Br)ccc2F)cn1. The Morgan fingerprint density at radius 1 is 1.59 bits per heavy atom. The summed E-state index contributed by atoms with van der Waals surface area (Å²) < 4.78 is 15.9. The molecule has 5 nitrogen and oxygen atoms in total. The van der Waals surface area contributed by atoms with Crippen molar-refractivity contribution in [3.8, 4) is 0 Å². The second kappa shape index (κ2) is 7.33. The van der Waals surface area contributed by atoms with Gasteiger partial charge >= 0.3 is 0 Å². The van der Waals surface area contributed by atoms with Gasteiger partial charge in [-0.05, 0) is 24.3 Å². The molecule has 1 aromatic heterocycles. The van der Waals surface area contributed by atoms with Gasteiger partial charge in [0.1, 0.15) is 5.82 Å². The fraction of sp³-hybridized carbons (Fsp3) is 0.200. The molecule has 2 aromatic rings. The zero-order valence-electron chi connectivity index (χ0n) is 11.8. The highest BCUT2D eigenvalue weighted by atomic mass is 79.9. The Kier molecular flexibility index (Phi) is 5.46. The molecule has 1 aromatic carbocycles. The lowest BCUT2D eigenvalue weighted by molar-refractivity contribution is -0.117. The summed E-state index contributed by atoms with van der Waals surface area (Å²) in [5.41, 5.74) is 0.992. The van der Waals surface area contributed by atoms with Crippen LogP contribution in [0.1, 0.15) is 17.2 Å². The van der Waals surface area contributed by atoms with E-state index in [4.69, 9.17) is 0 Å². The van der Waals surface area contributed by atoms with Gasteiger partial charge in [0.15, 0.2) is 0 Å². The number of aromatic nitrogens is 2. The number of amides is 1. The van der Waals surface area contributed by atoms with Crippen molar-refractivity contribution in [1.82, 2.24) is 15.1 Å². The van der Waals surface area contributed by atoms with E-state index in [2.05, 4.69) is 26.3 Å². The third kappa shape index (κ3) is 4.25. The number of carbonyl (C=O) groups is 1. The second-order valence-corrected chi connectivity index (χ2v) is 5.61. The number of nitrogens with one attached hydrogen (secondary N) is 1. The van der Waals surface area contributed by atoms with Crippen LogP contribution in [0.2, 0.25) is 0 Å². The summed E-state index contributed by atoms with van der Waals surface area (Å²) in [5.74, 6) is -0.847. The van der Waals surface area contributed by atoms with Crippen LogP contribution in [0, 0.1) is 5.82 Å². The first kappa shape index (κ1) is 16.4. The van der Waals surface area contributed by atoms with Gasteiger partial charge in [-0.2, -0.15) is 5.10 Å². The van der Waals surface area contributed by atoms with Gasteiger partial charge in [0.2, 0.25) is 5.91 Å². The number of benzene rings is 1. The van der Waals surface area contributed by atoms with Crippen molar-refractivity contribution in [2.75, 3.05) is 6.61 Å². The van der Waals surface area contributed by atoms with E-state index >= 15 is 0 Å². The van der Waals surface area contributed by atoms with Gasteiger partial charge in [-0.15, -0.1) is 0 Å². The lowest BCUT2D eigenvalue weighted by Crippen LogP contribution is -2.29. The van der Waals surface area contributed by atoms with Crippen LogP contribution in [0.25, 0.3) is 6.08 Å². The van der Waals surface area contributed by atoms with E-state index in [9.17, 15) is 14.3 Å². The molecule has 0 radical (unpaired) electrons. The zero-order valence-corrected chi connectivity index (χ0v) is 13.4. The van der Waals surface area contributed by atoms with Crippen LogP contribution in [0.5, 0.6) is 0 Å². The van der Waals surface area contributed by atoms with Crippen LogP contribution < -0.4 is 5.32 Å². The first-order valence-electron chi connectivity index (χ1n) is 6.52. The third-order valence-corrected chi connectivity index (χ3v) is 3.49. The van der Waals surface area contributed by atoms with Crippen LogP contribution >= 0.6 is 15.9 Å². The van der Waals surface area contributed by atoms with Crippen LogP contribution in [0.3, 0.4) is 0 Å². The van der Waals surface area contributed by atoms with Crippen molar-refractivity contribution >= 4 is 27.9 Å². The first-order valence-corrected chi connectivity index (χ1v) is 7.32. The maximum absolute atomic E-state index is 13.6. The normalized spacial score (nSPS) is 12.5. The minimum atomic E-state index is -0.557. The van der Waals surface area contributed by atoms with Crippen LogP contribution in [0.15, 0.2) is 41.1 Å². The maximum atomic E-state index is 13.6. The van der Waals surface area contributed by atoms with Crippen LogP contribution in [-0.4, -0.2) is 27.4 Å². The molecule has 2 rings (SSSR count). The molecule has 0 fully saturated rings. The van der Waals surface area contributed by atoms with E-state index in [1.165, 1.54) is 18.2 Å². The molecule has 1 unspecified atom stereocenters. The van der Waals surface area contributed by atoms with Crippen LogP contribution in [-0.2, 0) is 11.8 Å². The summed E-state index contributed by atoms with van der Waals surface area (Å²) in [6, 6.07) is 3.91. The number of hydrogen-bond acceptors (Lipinski definition) is 3. The van der Waals surface area contributed by atoms with E-state index < -0.39 is 17.8 Å². The lowest BCUT2D eigenvalue weighted by atomic mass is 10.1. The number of aliphatic hydroxyl groups excluding tert-OH is 1. The summed E-state index contributed by atoms with van der Waals surface area (Å²) in [7, 11) is 1.75. The van der Waals surface area contributed by atoms with Crippen molar-refractivity contribution in [3.05, 3.63) is 58.1 Å². The van der Waals surface area contributed by atoms with Gasteiger partial charge in [-0.1, -0.05) is 15.9 Å². The second-order valence-electron chi connectivity index (χ2n) is 4.69. The van der Waals surface area contributed by atoms with Crippen molar-refractivity contribution in [2.45, 2.75) is 6.04 Å². The molecule has 0 saturated heterocycles. The molecule has 2 N–H and O–H groups in total. The van der Waals surface area contributed by atoms with Gasteiger partial charge in [-0.25, -0.2) is 4.39 Å². The van der Waals surface area contributed by atoms with E-state index in [-0.39, 0.29) is 6.61 Å². The predicted molar refractivity (Wildman–Crippen MR) is 84.3 cm³/mol. The van der Waals surface area contributed by atoms with Crippen LogP contribution in [0.4, 0.5) is 4.39 Å². The lowest BCUT2D eigenvalue weighted by Gasteiger charge is -2.12. The number of rotatable bonds is 5. The topological polar surface area (TPSA) is 67.2 Å². The van der Waals surface area contributed by atoms with E-state index in [1.54, 1.807) is 36.3 Å². The number of aliphatic hydroxyl groups is 1. The summed E-state index contributed by atoms with van der Waals surface area (Å²) in [5, 5.41) is 16.0. The molecular formula is C15H15BrFN3O2. The van der Waals surface area contributed by atoms with Gasteiger partial charge in [0, 0.05) is 34.9 Å². The molecule has 0 bridgehead atoms. The number of nitrogens with zero attached hydrogens (tertiary/aromatic N) is 2. The summed E-state index contributed by atoms with van der Waals surface area (Å²) in [6.07, 6.45) is 5.88. The molecule has 0 saturated carbocycles. The molecule has 0 aliphatic heterocycles. The standard InChI is InChI=1S/C15H15BrFN3O2/c1-20-8-11(7-18-20)14(9-21)19-15(22)5-2-10-6-12(16)3-4-13(10)17/h2-8,14,21H,9H2,1H3,(H,19,22). The average Bonchev–Trinajstić information content (AvgIpc) is 2.92. The van der Waals surface area contributed by atoms with Gasteiger partial charge < -0.3 is 10.4 Å². The number of hydrogen-bond donors (Lipinski definition) is 2. The minimum absolute atomic E-state index is 0.253. The quantitative estimate of drug-likeness (QED) is 0.796. The highest BCUT2D eigenvalue weighted by Crippen LogP contribution is 2.17. The maximum Gasteiger partial charge on any atom is 0.244 e. The number of halogens is 2. The Balaban J connectivity index is 2.05. The van der Waals surface area contributed by atoms with Gasteiger partial charge in [-0.3, -0.25) is 9.48 Å². The zero-order chi connectivity index (χ0) is 16.1. The molecule has 116 valence electrons. The molecule has 1 atom stereocenters. The Bertz CT molecular complexity index is 700. The molecule has 22 heavy (non-hydrogen) atoms. The van der Waals surface area contributed by atoms with Crippen molar-refractivity contribution in [2.24, 2.45) is 7.05 Å². The third-order valence-electron chi connectivity index (χ3n) is 3.00. The number of carbonyl (C=O) groups excluding carboxylic acids is 1. The molecule has 1 heterocycles. The molecule has 0 aliphatic rings. The fourth-order valence-corrected chi connectivity index (χ4v) is 2.26. The Morgan fingerprint density at radius 2 is 2.36 bits per heavy atom. The summed E-state index contributed by atoms with van der Waals surface area (Å²) in [4.78, 5) is 11.9. The Labute approximate surface area is 135 Å². The first-order chi connectivity index (χ1) is 10.5. The molecule has 7 heteroatoms. The predicted octanol–water partition coefficient (Wildman–Crippen LogP) is 2.18. The molecule has 0 aliphatic carbocycles. The van der Waals surface area contributed by atoms with E-state index in [0.29, 0.717) is 11.1 Å². The Hall–Kier alpha value is -1.99. The van der Waals surface area contributed by atoms with Gasteiger partial charge in [0.25, 0.3) is 0 Å². The smallest absolute Gasteiger partial charge is 0.244 e.